The molecule has 0 aromatic heterocycles. The van der Waals surface area contributed by atoms with Crippen molar-refractivity contribution in [2.45, 2.75) is 62.9 Å². The quantitative estimate of drug-likeness (QED) is 0.329. The number of nitrogens with zero attached hydrogens (tertiary/aromatic N) is 2. The van der Waals surface area contributed by atoms with Gasteiger partial charge in [0.1, 0.15) is 15.7 Å². The summed E-state index contributed by atoms with van der Waals surface area (Å²) in [6.07, 6.45) is 14.7. The van der Waals surface area contributed by atoms with Gasteiger partial charge in [-0.05, 0) is 110 Å². The smallest absolute Gasteiger partial charge is 0.327 e. The standard InChI is InChI=1S/C39H47ClN4O5S/c1-24-4-3-5-35(48-2)31-13-9-28(31)20-44-22-39(18-27-8-12-30(27)32-17-29(40)11-14-33(32)39)23-49-36-15-10-26(16-34(36)44)37(45)42-50(47,21-24)43-38(46)41-19-25-6-7-25/h3,5,8,10-12,14-17,24-25,27-28,30-31,35H,4,6-7,9,13,18-23H2,1-2H3,(H2,41,42,43,45,46,47)/b5-3+/t24-,27-,28-,30-,31+,35-,39-,50?/m0/s1. The van der Waals surface area contributed by atoms with Gasteiger partial charge in [-0.2, -0.15) is 0 Å². The first-order chi connectivity index (χ1) is 24.1. The predicted molar refractivity (Wildman–Crippen MR) is 196 cm³/mol. The fourth-order valence-corrected chi connectivity index (χ4v) is 10.8. The van der Waals surface area contributed by atoms with Crippen LogP contribution in [0.25, 0.3) is 0 Å². The number of halogens is 1. The van der Waals surface area contributed by atoms with E-state index >= 15 is 0 Å². The molecule has 2 heterocycles. The van der Waals surface area contributed by atoms with E-state index in [-0.39, 0.29) is 23.2 Å². The number of fused-ring (bicyclic) bond motifs is 6. The second kappa shape index (κ2) is 13.3. The van der Waals surface area contributed by atoms with E-state index in [4.69, 9.17) is 21.1 Å². The zero-order chi connectivity index (χ0) is 34.6. The molecular formula is C39H47ClN4O5S. The number of methoxy groups -OCH3 is 1. The van der Waals surface area contributed by atoms with Crippen molar-refractivity contribution in [1.29, 1.82) is 0 Å². The highest BCUT2D eigenvalue weighted by Gasteiger charge is 2.49. The zero-order valence-corrected chi connectivity index (χ0v) is 30.4. The minimum absolute atomic E-state index is 0.0442. The monoisotopic (exact) mass is 718 g/mol. The molecule has 0 radical (unpaired) electrons. The molecule has 2 N–H and O–H groups in total. The first kappa shape index (κ1) is 33.8. The summed E-state index contributed by atoms with van der Waals surface area (Å²) in [7, 11) is -1.66. The minimum Gasteiger partial charge on any atom is -0.490 e. The third-order valence-electron chi connectivity index (χ3n) is 11.9. The Kier molecular flexibility index (Phi) is 9.01. The van der Waals surface area contributed by atoms with E-state index in [0.29, 0.717) is 67.0 Å². The van der Waals surface area contributed by atoms with Crippen molar-refractivity contribution < 1.29 is 23.3 Å². The molecular weight excluding hydrogens is 672 g/mol. The number of carbonyl (C=O) groups excluding carboxylic acids is 2. The molecule has 8 rings (SSSR count). The lowest BCUT2D eigenvalue weighted by Gasteiger charge is -2.49. The summed E-state index contributed by atoms with van der Waals surface area (Å²) < 4.78 is 34.0. The second-order valence-corrected chi connectivity index (χ2v) is 18.0. The number of allylic oxidation sites excluding steroid dienone is 3. The molecule has 2 saturated carbocycles. The van der Waals surface area contributed by atoms with E-state index in [1.807, 2.05) is 25.1 Å². The van der Waals surface area contributed by atoms with Crippen LogP contribution in [0.3, 0.4) is 0 Å². The molecule has 8 atom stereocenters. The number of anilines is 1. The number of urea groups is 1. The van der Waals surface area contributed by atoms with E-state index < -0.39 is 21.9 Å². The lowest BCUT2D eigenvalue weighted by Crippen LogP contribution is -2.51. The Morgan fingerprint density at radius 2 is 2.00 bits per heavy atom. The van der Waals surface area contributed by atoms with Crippen LogP contribution in [-0.4, -0.2) is 61.4 Å². The van der Waals surface area contributed by atoms with Crippen molar-refractivity contribution in [3.05, 3.63) is 82.4 Å². The number of amides is 3. The van der Waals surface area contributed by atoms with Crippen LogP contribution in [0.2, 0.25) is 5.02 Å². The molecule has 6 aliphatic rings. The normalized spacial score (nSPS) is 35.1. The highest BCUT2D eigenvalue weighted by molar-refractivity contribution is 7.92. The topological polar surface area (TPSA) is 109 Å². The zero-order valence-electron chi connectivity index (χ0n) is 28.8. The molecule has 2 aliphatic heterocycles. The van der Waals surface area contributed by atoms with Crippen LogP contribution in [0.4, 0.5) is 10.5 Å². The molecule has 50 heavy (non-hydrogen) atoms. The first-order valence-electron chi connectivity index (χ1n) is 18.2. The number of ether oxygens (including phenoxy) is 2. The maximum atomic E-state index is 14.3. The van der Waals surface area contributed by atoms with Crippen LogP contribution < -0.4 is 19.7 Å². The van der Waals surface area contributed by atoms with Crippen LogP contribution in [-0.2, 0) is 20.1 Å². The van der Waals surface area contributed by atoms with Gasteiger partial charge in [0.05, 0.1) is 24.2 Å². The number of nitrogens with one attached hydrogen (secondary N) is 2. The van der Waals surface area contributed by atoms with Crippen LogP contribution in [0, 0.1) is 29.6 Å². The third kappa shape index (κ3) is 6.59. The maximum absolute atomic E-state index is 14.3. The predicted octanol–water partition coefficient (Wildman–Crippen LogP) is 7.02. The van der Waals surface area contributed by atoms with Crippen molar-refractivity contribution in [2.75, 3.05) is 44.0 Å². The Morgan fingerprint density at radius 1 is 1.14 bits per heavy atom. The lowest BCUT2D eigenvalue weighted by molar-refractivity contribution is 0.0131. The molecule has 1 unspecified atom stereocenters. The molecule has 266 valence electrons. The molecule has 3 amide bonds. The molecule has 4 aliphatic carbocycles. The van der Waals surface area contributed by atoms with E-state index in [0.717, 1.165) is 49.4 Å². The molecule has 11 heteroatoms. The van der Waals surface area contributed by atoms with Gasteiger partial charge in [-0.25, -0.2) is 9.00 Å². The Labute approximate surface area is 300 Å². The first-order valence-corrected chi connectivity index (χ1v) is 20.2. The molecule has 0 saturated heterocycles. The summed E-state index contributed by atoms with van der Waals surface area (Å²) in [5.74, 6) is 2.02. The summed E-state index contributed by atoms with van der Waals surface area (Å²) >= 11 is 6.56. The third-order valence-corrected chi connectivity index (χ3v) is 14.1. The van der Waals surface area contributed by atoms with Gasteiger partial charge in [-0.15, -0.1) is 4.36 Å². The van der Waals surface area contributed by atoms with Gasteiger partial charge in [0.25, 0.3) is 5.91 Å². The number of carbonyl (C=O) groups is 2. The summed E-state index contributed by atoms with van der Waals surface area (Å²) in [6.45, 7) is 4.49. The number of hydrogen-bond acceptors (Lipinski definition) is 6. The van der Waals surface area contributed by atoms with E-state index in [2.05, 4.69) is 55.7 Å². The lowest BCUT2D eigenvalue weighted by atomic mass is 9.58. The number of rotatable bonds is 4. The van der Waals surface area contributed by atoms with Crippen LogP contribution in [0.15, 0.2) is 65.1 Å². The van der Waals surface area contributed by atoms with Gasteiger partial charge in [-0.3, -0.25) is 9.52 Å². The van der Waals surface area contributed by atoms with Crippen LogP contribution >= 0.6 is 11.6 Å². The molecule has 2 bridgehead atoms. The average molecular weight is 719 g/mol. The van der Waals surface area contributed by atoms with Crippen LogP contribution in [0.5, 0.6) is 5.75 Å². The van der Waals surface area contributed by atoms with Crippen molar-refractivity contribution >= 4 is 39.1 Å². The van der Waals surface area contributed by atoms with Gasteiger partial charge in [0.15, 0.2) is 0 Å². The van der Waals surface area contributed by atoms with Gasteiger partial charge in [0.2, 0.25) is 0 Å². The molecule has 2 fully saturated rings. The van der Waals surface area contributed by atoms with Crippen LogP contribution in [0.1, 0.15) is 72.9 Å². The Balaban J connectivity index is 1.19. The minimum atomic E-state index is -3.44. The van der Waals surface area contributed by atoms with E-state index in [1.165, 1.54) is 11.1 Å². The van der Waals surface area contributed by atoms with E-state index in [1.54, 1.807) is 13.2 Å². The van der Waals surface area contributed by atoms with Gasteiger partial charge < -0.3 is 19.7 Å². The average Bonchev–Trinajstić information content (AvgIpc) is 3.90. The van der Waals surface area contributed by atoms with Crippen molar-refractivity contribution in [3.63, 3.8) is 0 Å². The SMILES string of the molecule is CO[C@H]1/C=C/C[C@H](C)CS(=O)(NC(=O)NCC2CC2)=NC(=O)c2ccc3c(c2)N(C[C@@H]2CC[C@H]21)C[C@]1(CO3)C[C@@H]2C=C[C@@H]2c2cc(Cl)ccc21. The van der Waals surface area contributed by atoms with Crippen molar-refractivity contribution in [3.8, 4) is 5.75 Å². The van der Waals surface area contributed by atoms with Gasteiger partial charge in [-0.1, -0.05) is 48.9 Å². The van der Waals surface area contributed by atoms with Crippen molar-refractivity contribution in [2.24, 2.45) is 34.0 Å². The highest BCUT2D eigenvalue weighted by atomic mass is 35.5. The summed E-state index contributed by atoms with van der Waals surface area (Å²) in [6, 6.07) is 11.1. The Bertz CT molecular complexity index is 1870. The maximum Gasteiger partial charge on any atom is 0.327 e. The largest absolute Gasteiger partial charge is 0.490 e. The summed E-state index contributed by atoms with van der Waals surface area (Å²) in [5, 5.41) is 3.56. The fourth-order valence-electron chi connectivity index (χ4n) is 8.80. The Hall–Kier alpha value is -3.34. The fraction of sp³-hybridized carbons (Fsp3) is 0.538. The summed E-state index contributed by atoms with van der Waals surface area (Å²) in [5.41, 5.74) is 3.42. The van der Waals surface area contributed by atoms with E-state index in [9.17, 15) is 13.8 Å². The molecule has 1 spiro atoms. The molecule has 2 aromatic rings. The van der Waals surface area contributed by atoms with Crippen molar-refractivity contribution in [1.82, 2.24) is 10.0 Å². The highest BCUT2D eigenvalue weighted by Crippen LogP contribution is 2.54. The number of benzene rings is 2. The Morgan fingerprint density at radius 3 is 2.74 bits per heavy atom. The molecule has 9 nitrogen and oxygen atoms in total. The molecule has 2 aromatic carbocycles. The second-order valence-electron chi connectivity index (χ2n) is 15.6. The van der Waals surface area contributed by atoms with Gasteiger partial charge in [0, 0.05) is 48.7 Å². The van der Waals surface area contributed by atoms with Gasteiger partial charge >= 0.3 is 6.03 Å². The summed E-state index contributed by atoms with van der Waals surface area (Å²) in [4.78, 5) is 29.2. The number of hydrogen-bond donors (Lipinski definition) is 2.